The first-order chi connectivity index (χ1) is 10.7. The Hall–Kier alpha value is -1.81. The van der Waals surface area contributed by atoms with Gasteiger partial charge in [0.2, 0.25) is 5.91 Å². The lowest BCUT2D eigenvalue weighted by Crippen LogP contribution is -2.31. The van der Waals surface area contributed by atoms with Gasteiger partial charge in [-0.1, -0.05) is 32.0 Å². The van der Waals surface area contributed by atoms with E-state index in [1.54, 1.807) is 0 Å². The molecule has 1 amide bonds. The molecule has 0 radical (unpaired) electrons. The van der Waals surface area contributed by atoms with E-state index >= 15 is 0 Å². The van der Waals surface area contributed by atoms with Crippen LogP contribution in [0.25, 0.3) is 10.9 Å². The average molecular weight is 301 g/mol. The van der Waals surface area contributed by atoms with E-state index in [-0.39, 0.29) is 5.91 Å². The van der Waals surface area contributed by atoms with Crippen LogP contribution < -0.4 is 5.32 Å². The predicted molar refractivity (Wildman–Crippen MR) is 92.1 cm³/mol. The molecule has 1 heterocycles. The summed E-state index contributed by atoms with van der Waals surface area (Å²) in [6, 6.07) is 10.3. The zero-order valence-corrected chi connectivity index (χ0v) is 13.9. The molecule has 0 spiro atoms. The lowest BCUT2D eigenvalue weighted by molar-refractivity contribution is -0.121. The number of aromatic nitrogens is 1. The maximum atomic E-state index is 12.1. The highest BCUT2D eigenvalue weighted by atomic mass is 16.1. The second kappa shape index (κ2) is 7.99. The number of carbonyl (C=O) groups is 1. The van der Waals surface area contributed by atoms with Crippen molar-refractivity contribution in [3.63, 3.8) is 0 Å². The third-order valence-electron chi connectivity index (χ3n) is 4.19. The van der Waals surface area contributed by atoms with E-state index in [0.717, 1.165) is 43.8 Å². The SMILES string of the molecule is CCN(CC)CCCNC(=O)Cn1c(C)cc2ccccc21. The Morgan fingerprint density at radius 3 is 2.68 bits per heavy atom. The van der Waals surface area contributed by atoms with Gasteiger partial charge in [-0.05, 0) is 50.5 Å². The van der Waals surface area contributed by atoms with E-state index < -0.39 is 0 Å². The molecule has 0 unspecified atom stereocenters. The van der Waals surface area contributed by atoms with Crippen LogP contribution in [0.4, 0.5) is 0 Å². The summed E-state index contributed by atoms with van der Waals surface area (Å²) < 4.78 is 2.08. The number of nitrogens with one attached hydrogen (secondary N) is 1. The molecule has 0 aliphatic rings. The van der Waals surface area contributed by atoms with E-state index in [1.165, 1.54) is 5.39 Å². The highest BCUT2D eigenvalue weighted by Crippen LogP contribution is 2.18. The summed E-state index contributed by atoms with van der Waals surface area (Å²) in [6.45, 7) is 10.7. The van der Waals surface area contributed by atoms with Crippen LogP contribution in [0.15, 0.2) is 30.3 Å². The fraction of sp³-hybridized carbons (Fsp3) is 0.500. The fourth-order valence-corrected chi connectivity index (χ4v) is 2.83. The molecule has 0 aliphatic heterocycles. The number of benzene rings is 1. The minimum atomic E-state index is 0.0870. The standard InChI is InChI=1S/C18H27N3O/c1-4-20(5-2)12-8-11-19-18(22)14-21-15(3)13-16-9-6-7-10-17(16)21/h6-7,9-10,13H,4-5,8,11-12,14H2,1-3H3,(H,19,22). The molecular formula is C18H27N3O. The lowest BCUT2D eigenvalue weighted by atomic mass is 10.2. The number of aryl methyl sites for hydroxylation is 1. The number of nitrogens with zero attached hydrogens (tertiary/aromatic N) is 2. The van der Waals surface area contributed by atoms with Crippen LogP contribution in [-0.2, 0) is 11.3 Å². The van der Waals surface area contributed by atoms with Gasteiger partial charge in [-0.15, -0.1) is 0 Å². The maximum absolute atomic E-state index is 12.1. The van der Waals surface area contributed by atoms with Crippen molar-refractivity contribution in [3.05, 3.63) is 36.0 Å². The lowest BCUT2D eigenvalue weighted by Gasteiger charge is -2.17. The van der Waals surface area contributed by atoms with Gasteiger partial charge in [-0.3, -0.25) is 4.79 Å². The Kier molecular flexibility index (Phi) is 6.01. The van der Waals surface area contributed by atoms with E-state index in [9.17, 15) is 4.79 Å². The molecule has 4 nitrogen and oxygen atoms in total. The Morgan fingerprint density at radius 1 is 1.23 bits per heavy atom. The minimum absolute atomic E-state index is 0.0870. The summed E-state index contributed by atoms with van der Waals surface area (Å²) in [4.78, 5) is 14.5. The largest absolute Gasteiger partial charge is 0.355 e. The molecule has 120 valence electrons. The first-order valence-electron chi connectivity index (χ1n) is 8.19. The topological polar surface area (TPSA) is 37.3 Å². The van der Waals surface area contributed by atoms with E-state index in [4.69, 9.17) is 0 Å². The van der Waals surface area contributed by atoms with Crippen molar-refractivity contribution in [1.82, 2.24) is 14.8 Å². The average Bonchev–Trinajstić information content (AvgIpc) is 2.83. The molecule has 1 N–H and O–H groups in total. The summed E-state index contributed by atoms with van der Waals surface area (Å²) in [7, 11) is 0. The summed E-state index contributed by atoms with van der Waals surface area (Å²) in [6.07, 6.45) is 0.999. The summed E-state index contributed by atoms with van der Waals surface area (Å²) in [5, 5.41) is 4.22. The van der Waals surface area contributed by atoms with Gasteiger partial charge in [0, 0.05) is 17.8 Å². The predicted octanol–water partition coefficient (Wildman–Crippen LogP) is 2.80. The van der Waals surface area contributed by atoms with E-state index in [1.807, 2.05) is 19.1 Å². The van der Waals surface area contributed by atoms with E-state index in [2.05, 4.69) is 46.8 Å². The van der Waals surface area contributed by atoms with Gasteiger partial charge in [-0.25, -0.2) is 0 Å². The Balaban J connectivity index is 1.85. The molecule has 0 atom stereocenters. The third kappa shape index (κ3) is 4.10. The van der Waals surface area contributed by atoms with Crippen molar-refractivity contribution in [1.29, 1.82) is 0 Å². The van der Waals surface area contributed by atoms with Crippen molar-refractivity contribution in [3.8, 4) is 0 Å². The maximum Gasteiger partial charge on any atom is 0.239 e. The number of para-hydroxylation sites is 1. The molecule has 2 rings (SSSR count). The number of amides is 1. The fourth-order valence-electron chi connectivity index (χ4n) is 2.83. The third-order valence-corrected chi connectivity index (χ3v) is 4.19. The Labute approximate surface area is 133 Å². The van der Waals surface area contributed by atoms with Gasteiger partial charge in [0.05, 0.1) is 0 Å². The zero-order chi connectivity index (χ0) is 15.9. The van der Waals surface area contributed by atoms with Gasteiger partial charge in [0.25, 0.3) is 0 Å². The van der Waals surface area contributed by atoms with Crippen molar-refractivity contribution in [2.24, 2.45) is 0 Å². The molecule has 0 saturated carbocycles. The van der Waals surface area contributed by atoms with Crippen LogP contribution in [0.2, 0.25) is 0 Å². The van der Waals surface area contributed by atoms with Crippen molar-refractivity contribution < 1.29 is 4.79 Å². The van der Waals surface area contributed by atoms with Crippen LogP contribution in [-0.4, -0.2) is 41.6 Å². The Morgan fingerprint density at radius 2 is 1.95 bits per heavy atom. The number of hydrogen-bond acceptors (Lipinski definition) is 2. The van der Waals surface area contributed by atoms with Crippen LogP contribution >= 0.6 is 0 Å². The molecule has 2 aromatic rings. The number of carbonyl (C=O) groups excluding carboxylic acids is 1. The molecule has 1 aromatic heterocycles. The number of rotatable bonds is 8. The normalized spacial score (nSPS) is 11.3. The Bertz CT molecular complexity index is 614. The second-order valence-electron chi connectivity index (χ2n) is 5.66. The zero-order valence-electron chi connectivity index (χ0n) is 13.9. The van der Waals surface area contributed by atoms with Crippen LogP contribution in [0, 0.1) is 6.92 Å². The highest BCUT2D eigenvalue weighted by molar-refractivity contribution is 5.84. The molecule has 0 aliphatic carbocycles. The highest BCUT2D eigenvalue weighted by Gasteiger charge is 2.09. The smallest absolute Gasteiger partial charge is 0.239 e. The minimum Gasteiger partial charge on any atom is -0.355 e. The van der Waals surface area contributed by atoms with Gasteiger partial charge in [0.15, 0.2) is 0 Å². The molecule has 0 fully saturated rings. The molecule has 4 heteroatoms. The summed E-state index contributed by atoms with van der Waals surface area (Å²) >= 11 is 0. The molecule has 1 aromatic carbocycles. The van der Waals surface area contributed by atoms with Crippen molar-refractivity contribution in [2.45, 2.75) is 33.7 Å². The summed E-state index contributed by atoms with van der Waals surface area (Å²) in [5.74, 6) is 0.0870. The van der Waals surface area contributed by atoms with Gasteiger partial charge >= 0.3 is 0 Å². The number of fused-ring (bicyclic) bond motifs is 1. The van der Waals surface area contributed by atoms with Gasteiger partial charge in [0.1, 0.15) is 6.54 Å². The quantitative estimate of drug-likeness (QED) is 0.761. The van der Waals surface area contributed by atoms with Crippen LogP contribution in [0.3, 0.4) is 0 Å². The first-order valence-corrected chi connectivity index (χ1v) is 8.19. The monoisotopic (exact) mass is 301 g/mol. The molecule has 22 heavy (non-hydrogen) atoms. The number of hydrogen-bond donors (Lipinski definition) is 1. The molecule has 0 saturated heterocycles. The van der Waals surface area contributed by atoms with Crippen LogP contribution in [0.1, 0.15) is 26.0 Å². The van der Waals surface area contributed by atoms with Gasteiger partial charge in [-0.2, -0.15) is 0 Å². The second-order valence-corrected chi connectivity index (χ2v) is 5.66. The first kappa shape index (κ1) is 16.6. The molecular weight excluding hydrogens is 274 g/mol. The van der Waals surface area contributed by atoms with E-state index in [0.29, 0.717) is 6.54 Å². The van der Waals surface area contributed by atoms with Crippen LogP contribution in [0.5, 0.6) is 0 Å². The molecule has 0 bridgehead atoms. The van der Waals surface area contributed by atoms with Gasteiger partial charge < -0.3 is 14.8 Å². The van der Waals surface area contributed by atoms with Crippen molar-refractivity contribution >= 4 is 16.8 Å². The van der Waals surface area contributed by atoms with Crippen molar-refractivity contribution in [2.75, 3.05) is 26.2 Å². The summed E-state index contributed by atoms with van der Waals surface area (Å²) in [5.41, 5.74) is 2.25.